The highest BCUT2D eigenvalue weighted by molar-refractivity contribution is 5.39. The van der Waals surface area contributed by atoms with Crippen molar-refractivity contribution in [3.05, 3.63) is 23.3 Å². The van der Waals surface area contributed by atoms with Crippen LogP contribution >= 0.6 is 0 Å². The standard InChI is InChI=1S/C15H19N/c1-5-11-16(12-6-2)15-10-9-13(7-3)14(15)8-4/h1-2,7-8,15H,9-12H2,3-4H3/b13-7-,14-8+. The minimum Gasteiger partial charge on any atom is -0.274 e. The number of nitrogens with zero attached hydrogens (tertiary/aromatic N) is 1. The van der Waals surface area contributed by atoms with E-state index in [1.165, 1.54) is 11.1 Å². The summed E-state index contributed by atoms with van der Waals surface area (Å²) in [6.45, 7) is 5.43. The Labute approximate surface area is 99.2 Å². The molecule has 1 saturated carbocycles. The van der Waals surface area contributed by atoms with E-state index in [4.69, 9.17) is 12.8 Å². The Bertz CT molecular complexity index is 357. The van der Waals surface area contributed by atoms with Gasteiger partial charge in [-0.05, 0) is 37.8 Å². The zero-order valence-corrected chi connectivity index (χ0v) is 10.2. The van der Waals surface area contributed by atoms with Gasteiger partial charge in [0, 0.05) is 6.04 Å². The van der Waals surface area contributed by atoms with Gasteiger partial charge in [0.25, 0.3) is 0 Å². The number of allylic oxidation sites excluding steroid dienone is 2. The van der Waals surface area contributed by atoms with E-state index in [-0.39, 0.29) is 0 Å². The van der Waals surface area contributed by atoms with E-state index in [9.17, 15) is 0 Å². The molecule has 1 heteroatoms. The zero-order valence-electron chi connectivity index (χ0n) is 10.2. The van der Waals surface area contributed by atoms with E-state index >= 15 is 0 Å². The number of hydrogen-bond acceptors (Lipinski definition) is 1. The van der Waals surface area contributed by atoms with Gasteiger partial charge in [-0.2, -0.15) is 0 Å². The van der Waals surface area contributed by atoms with Gasteiger partial charge in [-0.15, -0.1) is 12.8 Å². The molecule has 1 aliphatic rings. The van der Waals surface area contributed by atoms with E-state index in [2.05, 4.69) is 42.7 Å². The Kier molecular flexibility index (Phi) is 4.90. The van der Waals surface area contributed by atoms with Crippen molar-refractivity contribution in [2.24, 2.45) is 0 Å². The van der Waals surface area contributed by atoms with Crippen LogP contribution in [0.15, 0.2) is 23.3 Å². The predicted molar refractivity (Wildman–Crippen MR) is 69.8 cm³/mol. The van der Waals surface area contributed by atoms with Crippen molar-refractivity contribution < 1.29 is 0 Å². The van der Waals surface area contributed by atoms with Gasteiger partial charge in [0.1, 0.15) is 0 Å². The Balaban J connectivity index is 2.88. The second-order valence-corrected chi connectivity index (χ2v) is 3.93. The van der Waals surface area contributed by atoms with Crippen molar-refractivity contribution in [2.75, 3.05) is 13.1 Å². The third kappa shape index (κ3) is 2.57. The molecule has 84 valence electrons. The minimum absolute atomic E-state index is 0.406. The van der Waals surface area contributed by atoms with Crippen molar-refractivity contribution in [1.82, 2.24) is 4.90 Å². The van der Waals surface area contributed by atoms with Crippen molar-refractivity contribution in [3.63, 3.8) is 0 Å². The summed E-state index contributed by atoms with van der Waals surface area (Å²) in [4.78, 5) is 2.20. The van der Waals surface area contributed by atoms with Crippen LogP contribution in [0, 0.1) is 24.7 Å². The van der Waals surface area contributed by atoms with Gasteiger partial charge in [0.05, 0.1) is 13.1 Å². The average molecular weight is 213 g/mol. The first-order valence-electron chi connectivity index (χ1n) is 5.71. The summed E-state index contributed by atoms with van der Waals surface area (Å²) in [7, 11) is 0. The smallest absolute Gasteiger partial charge is 0.0613 e. The normalized spacial score (nSPS) is 24.9. The molecule has 1 fully saturated rings. The van der Waals surface area contributed by atoms with Crippen molar-refractivity contribution >= 4 is 0 Å². The number of terminal acetylenes is 2. The molecule has 0 bridgehead atoms. The lowest BCUT2D eigenvalue weighted by molar-refractivity contribution is 0.282. The van der Waals surface area contributed by atoms with E-state index in [1.807, 2.05) is 0 Å². The molecule has 1 rings (SSSR count). The summed E-state index contributed by atoms with van der Waals surface area (Å²) >= 11 is 0. The van der Waals surface area contributed by atoms with Crippen LogP contribution in [0.5, 0.6) is 0 Å². The maximum Gasteiger partial charge on any atom is 0.0613 e. The summed E-state index contributed by atoms with van der Waals surface area (Å²) in [6, 6.07) is 0.406. The first kappa shape index (κ1) is 12.6. The molecule has 0 aliphatic heterocycles. The monoisotopic (exact) mass is 213 g/mol. The molecule has 0 saturated heterocycles. The minimum atomic E-state index is 0.406. The third-order valence-electron chi connectivity index (χ3n) is 3.11. The first-order chi connectivity index (χ1) is 7.78. The molecular weight excluding hydrogens is 194 g/mol. The fourth-order valence-corrected chi connectivity index (χ4v) is 2.38. The lowest BCUT2D eigenvalue weighted by Crippen LogP contribution is -2.35. The molecule has 0 amide bonds. The topological polar surface area (TPSA) is 3.24 Å². The highest BCUT2D eigenvalue weighted by Crippen LogP contribution is 2.33. The lowest BCUT2D eigenvalue weighted by atomic mass is 10.1. The van der Waals surface area contributed by atoms with Gasteiger partial charge >= 0.3 is 0 Å². The molecule has 0 aromatic carbocycles. The van der Waals surface area contributed by atoms with Crippen LogP contribution in [-0.4, -0.2) is 24.0 Å². The van der Waals surface area contributed by atoms with Gasteiger partial charge < -0.3 is 0 Å². The fraction of sp³-hybridized carbons (Fsp3) is 0.467. The Morgan fingerprint density at radius 1 is 1.25 bits per heavy atom. The second-order valence-electron chi connectivity index (χ2n) is 3.93. The quantitative estimate of drug-likeness (QED) is 0.651. The van der Waals surface area contributed by atoms with Gasteiger partial charge in [-0.3, -0.25) is 4.90 Å². The van der Waals surface area contributed by atoms with Crippen molar-refractivity contribution in [3.8, 4) is 24.7 Å². The molecular formula is C15H19N. The molecule has 1 nitrogen and oxygen atoms in total. The maximum atomic E-state index is 5.39. The average Bonchev–Trinajstić information content (AvgIpc) is 2.71. The molecule has 0 aromatic rings. The van der Waals surface area contributed by atoms with Gasteiger partial charge in [0.15, 0.2) is 0 Å². The van der Waals surface area contributed by atoms with Crippen LogP contribution in [0.1, 0.15) is 26.7 Å². The van der Waals surface area contributed by atoms with E-state index in [1.54, 1.807) is 0 Å². The maximum absolute atomic E-state index is 5.39. The second kappa shape index (κ2) is 6.21. The fourth-order valence-electron chi connectivity index (χ4n) is 2.38. The SMILES string of the molecule is C#CCN(CC#C)C1CCC(=C/C)/C1=C\C. The van der Waals surface area contributed by atoms with E-state index in [0.717, 1.165) is 12.8 Å². The summed E-state index contributed by atoms with van der Waals surface area (Å²) in [6.07, 6.45) is 17.4. The summed E-state index contributed by atoms with van der Waals surface area (Å²) in [5, 5.41) is 0. The highest BCUT2D eigenvalue weighted by atomic mass is 15.1. The van der Waals surface area contributed by atoms with Gasteiger partial charge in [-0.25, -0.2) is 0 Å². The van der Waals surface area contributed by atoms with Crippen molar-refractivity contribution in [2.45, 2.75) is 32.7 Å². The molecule has 1 aliphatic carbocycles. The van der Waals surface area contributed by atoms with Gasteiger partial charge in [-0.1, -0.05) is 24.0 Å². The van der Waals surface area contributed by atoms with E-state index < -0.39 is 0 Å². The molecule has 16 heavy (non-hydrogen) atoms. The van der Waals surface area contributed by atoms with Crippen LogP contribution in [0.4, 0.5) is 0 Å². The van der Waals surface area contributed by atoms with Gasteiger partial charge in [0.2, 0.25) is 0 Å². The molecule has 0 heterocycles. The lowest BCUT2D eigenvalue weighted by Gasteiger charge is -2.26. The predicted octanol–water partition coefficient (Wildman–Crippen LogP) is 2.61. The van der Waals surface area contributed by atoms with Crippen LogP contribution in [0.25, 0.3) is 0 Å². The van der Waals surface area contributed by atoms with Crippen molar-refractivity contribution in [1.29, 1.82) is 0 Å². The zero-order chi connectivity index (χ0) is 12.0. The third-order valence-corrected chi connectivity index (χ3v) is 3.11. The number of hydrogen-bond donors (Lipinski definition) is 0. The summed E-state index contributed by atoms with van der Waals surface area (Å²) in [5.41, 5.74) is 2.83. The number of rotatable bonds is 3. The Morgan fingerprint density at radius 2 is 1.88 bits per heavy atom. The summed E-state index contributed by atoms with van der Waals surface area (Å²) < 4.78 is 0. The Hall–Kier alpha value is -1.44. The summed E-state index contributed by atoms with van der Waals surface area (Å²) in [5.74, 6) is 5.38. The molecule has 1 unspecified atom stereocenters. The molecule has 0 spiro atoms. The molecule has 0 N–H and O–H groups in total. The molecule has 1 atom stereocenters. The van der Waals surface area contributed by atoms with Crippen LogP contribution in [-0.2, 0) is 0 Å². The van der Waals surface area contributed by atoms with Crippen LogP contribution < -0.4 is 0 Å². The first-order valence-corrected chi connectivity index (χ1v) is 5.71. The highest BCUT2D eigenvalue weighted by Gasteiger charge is 2.28. The molecule has 0 radical (unpaired) electrons. The Morgan fingerprint density at radius 3 is 2.31 bits per heavy atom. The van der Waals surface area contributed by atoms with Crippen LogP contribution in [0.3, 0.4) is 0 Å². The molecule has 0 aromatic heterocycles. The van der Waals surface area contributed by atoms with E-state index in [0.29, 0.717) is 19.1 Å². The largest absolute Gasteiger partial charge is 0.274 e. The van der Waals surface area contributed by atoms with Crippen LogP contribution in [0.2, 0.25) is 0 Å².